The first-order chi connectivity index (χ1) is 8.22. The molecule has 0 amide bonds. The predicted octanol–water partition coefficient (Wildman–Crippen LogP) is 1.83. The minimum absolute atomic E-state index is 0.716. The molecule has 0 aromatic heterocycles. The summed E-state index contributed by atoms with van der Waals surface area (Å²) in [5.41, 5.74) is 0. The summed E-state index contributed by atoms with van der Waals surface area (Å²) in [6, 6.07) is 1.51. The third-order valence-electron chi connectivity index (χ3n) is 4.24. The third kappa shape index (κ3) is 3.10. The molecule has 98 valence electrons. The monoisotopic (exact) mass is 255 g/mol. The Balaban J connectivity index is 1.83. The third-order valence-corrected chi connectivity index (χ3v) is 4.64. The van der Waals surface area contributed by atoms with Crippen LogP contribution in [0.15, 0.2) is 0 Å². The summed E-state index contributed by atoms with van der Waals surface area (Å²) in [4.78, 5) is 4.94. The highest BCUT2D eigenvalue weighted by atomic mass is 32.1. The molecule has 3 nitrogen and oxygen atoms in total. The number of nitrogens with one attached hydrogen (secondary N) is 1. The maximum atomic E-state index is 5.50. The minimum Gasteiger partial charge on any atom is -0.363 e. The van der Waals surface area contributed by atoms with Crippen LogP contribution in [-0.4, -0.2) is 53.7 Å². The van der Waals surface area contributed by atoms with Crippen molar-refractivity contribution in [1.29, 1.82) is 0 Å². The summed E-state index contributed by atoms with van der Waals surface area (Å²) in [5.74, 6) is 0. The van der Waals surface area contributed by atoms with Gasteiger partial charge in [-0.1, -0.05) is 13.3 Å². The molecule has 2 fully saturated rings. The van der Waals surface area contributed by atoms with Crippen LogP contribution in [-0.2, 0) is 0 Å². The number of hydrogen-bond donors (Lipinski definition) is 1. The van der Waals surface area contributed by atoms with Gasteiger partial charge in [0.1, 0.15) is 0 Å². The van der Waals surface area contributed by atoms with Gasteiger partial charge in [0.15, 0.2) is 5.11 Å². The van der Waals surface area contributed by atoms with E-state index in [0.717, 1.165) is 30.8 Å². The quantitative estimate of drug-likeness (QED) is 0.612. The van der Waals surface area contributed by atoms with Crippen LogP contribution in [0.4, 0.5) is 0 Å². The molecule has 1 N–H and O–H groups in total. The maximum absolute atomic E-state index is 5.50. The Morgan fingerprint density at radius 3 is 2.82 bits per heavy atom. The molecule has 2 heterocycles. The standard InChI is InChI=1S/C13H25N3S/c1-3-4-8-14-13(17)16-9-7-11-5-6-12(10-16)15(11)2/h11-12H,3-10H2,1-2H3,(H,14,17). The summed E-state index contributed by atoms with van der Waals surface area (Å²) in [6.45, 7) is 5.48. The van der Waals surface area contributed by atoms with Crippen molar-refractivity contribution >= 4 is 17.3 Å². The van der Waals surface area contributed by atoms with E-state index < -0.39 is 0 Å². The number of nitrogens with zero attached hydrogens (tertiary/aromatic N) is 2. The summed E-state index contributed by atoms with van der Waals surface area (Å²) in [6.07, 6.45) is 6.42. The topological polar surface area (TPSA) is 18.5 Å². The van der Waals surface area contributed by atoms with E-state index in [-0.39, 0.29) is 0 Å². The molecule has 2 aliphatic rings. The molecule has 2 unspecified atom stereocenters. The van der Waals surface area contributed by atoms with Gasteiger partial charge in [-0.3, -0.25) is 4.90 Å². The Kier molecular flexibility index (Phi) is 4.62. The second-order valence-corrected chi connectivity index (χ2v) is 5.76. The van der Waals surface area contributed by atoms with Crippen molar-refractivity contribution in [2.24, 2.45) is 0 Å². The van der Waals surface area contributed by atoms with Gasteiger partial charge < -0.3 is 10.2 Å². The molecule has 0 aromatic carbocycles. The predicted molar refractivity (Wildman–Crippen MR) is 76.3 cm³/mol. The first-order valence-corrected chi connectivity index (χ1v) is 7.38. The lowest BCUT2D eigenvalue weighted by Gasteiger charge is -2.28. The van der Waals surface area contributed by atoms with Gasteiger partial charge >= 0.3 is 0 Å². The number of thiocarbonyl (C=S) groups is 1. The normalized spacial score (nSPS) is 29.2. The number of likely N-dealkylation sites (tertiary alicyclic amines) is 1. The molecule has 0 radical (unpaired) electrons. The Bertz CT molecular complexity index is 269. The van der Waals surface area contributed by atoms with Crippen molar-refractivity contribution in [1.82, 2.24) is 15.1 Å². The first kappa shape index (κ1) is 13.1. The fraction of sp³-hybridized carbons (Fsp3) is 0.923. The van der Waals surface area contributed by atoms with E-state index in [1.54, 1.807) is 0 Å². The summed E-state index contributed by atoms with van der Waals surface area (Å²) in [5, 5.41) is 4.37. The number of likely N-dealkylation sites (N-methyl/N-ethyl adjacent to an activating group) is 1. The highest BCUT2D eigenvalue weighted by molar-refractivity contribution is 7.80. The van der Waals surface area contributed by atoms with Crippen molar-refractivity contribution in [3.05, 3.63) is 0 Å². The summed E-state index contributed by atoms with van der Waals surface area (Å²) >= 11 is 5.50. The van der Waals surface area contributed by atoms with Crippen LogP contribution in [0.3, 0.4) is 0 Å². The molecule has 2 rings (SSSR count). The average Bonchev–Trinajstić information content (AvgIpc) is 2.53. The van der Waals surface area contributed by atoms with Crippen molar-refractivity contribution in [3.63, 3.8) is 0 Å². The number of unbranched alkanes of at least 4 members (excludes halogenated alkanes) is 1. The van der Waals surface area contributed by atoms with E-state index in [2.05, 4.69) is 29.1 Å². The van der Waals surface area contributed by atoms with Gasteiger partial charge in [-0.05, 0) is 44.9 Å². The largest absolute Gasteiger partial charge is 0.363 e. The van der Waals surface area contributed by atoms with Crippen LogP contribution in [0.2, 0.25) is 0 Å². The van der Waals surface area contributed by atoms with Gasteiger partial charge in [0.25, 0.3) is 0 Å². The highest BCUT2D eigenvalue weighted by Gasteiger charge is 2.35. The number of fused-ring (bicyclic) bond motifs is 2. The molecule has 2 bridgehead atoms. The van der Waals surface area contributed by atoms with Crippen molar-refractivity contribution < 1.29 is 0 Å². The zero-order chi connectivity index (χ0) is 12.3. The van der Waals surface area contributed by atoms with Crippen LogP contribution in [0.25, 0.3) is 0 Å². The molecule has 2 atom stereocenters. The van der Waals surface area contributed by atoms with Crippen molar-refractivity contribution in [2.75, 3.05) is 26.7 Å². The molecule has 0 aliphatic carbocycles. The maximum Gasteiger partial charge on any atom is 0.168 e. The second-order valence-electron chi connectivity index (χ2n) is 5.37. The molecular weight excluding hydrogens is 230 g/mol. The van der Waals surface area contributed by atoms with Gasteiger partial charge in [0, 0.05) is 31.7 Å². The SMILES string of the molecule is CCCCNC(=S)N1CCC2CCC(C1)N2C. The zero-order valence-electron chi connectivity index (χ0n) is 11.1. The summed E-state index contributed by atoms with van der Waals surface area (Å²) < 4.78 is 0. The van der Waals surface area contributed by atoms with Gasteiger partial charge in [-0.15, -0.1) is 0 Å². The van der Waals surface area contributed by atoms with Crippen molar-refractivity contribution in [3.8, 4) is 0 Å². The van der Waals surface area contributed by atoms with E-state index in [4.69, 9.17) is 12.2 Å². The van der Waals surface area contributed by atoms with E-state index in [1.807, 2.05) is 0 Å². The molecule has 2 saturated heterocycles. The lowest BCUT2D eigenvalue weighted by Crippen LogP contribution is -2.44. The van der Waals surface area contributed by atoms with E-state index in [0.29, 0.717) is 6.04 Å². The van der Waals surface area contributed by atoms with Gasteiger partial charge in [0.05, 0.1) is 0 Å². The van der Waals surface area contributed by atoms with Gasteiger partial charge in [-0.25, -0.2) is 0 Å². The van der Waals surface area contributed by atoms with Gasteiger partial charge in [-0.2, -0.15) is 0 Å². The Hall–Kier alpha value is -0.350. The average molecular weight is 255 g/mol. The van der Waals surface area contributed by atoms with E-state index >= 15 is 0 Å². The van der Waals surface area contributed by atoms with Crippen LogP contribution < -0.4 is 5.32 Å². The van der Waals surface area contributed by atoms with E-state index in [1.165, 1.54) is 32.1 Å². The van der Waals surface area contributed by atoms with Crippen molar-refractivity contribution in [2.45, 2.75) is 51.1 Å². The van der Waals surface area contributed by atoms with Crippen LogP contribution in [0.1, 0.15) is 39.0 Å². The zero-order valence-corrected chi connectivity index (χ0v) is 11.9. The molecule has 0 saturated carbocycles. The molecule has 17 heavy (non-hydrogen) atoms. The van der Waals surface area contributed by atoms with Crippen LogP contribution in [0, 0.1) is 0 Å². The number of hydrogen-bond acceptors (Lipinski definition) is 2. The fourth-order valence-electron chi connectivity index (χ4n) is 2.98. The Labute approximate surface area is 111 Å². The smallest absolute Gasteiger partial charge is 0.168 e. The van der Waals surface area contributed by atoms with Gasteiger partial charge in [0.2, 0.25) is 0 Å². The van der Waals surface area contributed by atoms with Crippen LogP contribution >= 0.6 is 12.2 Å². The molecule has 4 heteroatoms. The number of rotatable bonds is 3. The second kappa shape index (κ2) is 6.01. The molecule has 0 aromatic rings. The lowest BCUT2D eigenvalue weighted by molar-refractivity contribution is 0.245. The fourth-order valence-corrected chi connectivity index (χ4v) is 3.25. The lowest BCUT2D eigenvalue weighted by atomic mass is 10.1. The first-order valence-electron chi connectivity index (χ1n) is 6.97. The Morgan fingerprint density at radius 1 is 1.29 bits per heavy atom. The minimum atomic E-state index is 0.716. The summed E-state index contributed by atoms with van der Waals surface area (Å²) in [7, 11) is 2.28. The molecule has 0 spiro atoms. The highest BCUT2D eigenvalue weighted by Crippen LogP contribution is 2.28. The Morgan fingerprint density at radius 2 is 2.06 bits per heavy atom. The van der Waals surface area contributed by atoms with Crippen LogP contribution in [0.5, 0.6) is 0 Å². The molecule has 2 aliphatic heterocycles. The van der Waals surface area contributed by atoms with E-state index in [9.17, 15) is 0 Å². The molecular formula is C13H25N3S.